The summed E-state index contributed by atoms with van der Waals surface area (Å²) in [6, 6.07) is -0.865. The molecule has 0 aromatic rings. The zero-order chi connectivity index (χ0) is 56.3. The topological polar surface area (TPSA) is 105 Å². The minimum Gasteiger partial charge on any atom is -0.387 e. The van der Waals surface area contributed by atoms with Gasteiger partial charge in [0.2, 0.25) is 5.91 Å². The fourth-order valence-electron chi connectivity index (χ4n) is 10.0. The first kappa shape index (κ1) is 75.5. The van der Waals surface area contributed by atoms with Crippen molar-refractivity contribution in [2.75, 3.05) is 40.9 Å². The molecule has 0 bridgehead atoms. The van der Waals surface area contributed by atoms with Crippen molar-refractivity contribution < 1.29 is 32.9 Å². The summed E-state index contributed by atoms with van der Waals surface area (Å²) in [4.78, 5) is 23.4. The average molecular weight is 1100 g/mol. The molecule has 77 heavy (non-hydrogen) atoms. The molecule has 0 aliphatic rings. The van der Waals surface area contributed by atoms with Crippen molar-refractivity contribution in [3.8, 4) is 0 Å². The standard InChI is InChI=1S/C68H131N2O6P/c1-6-8-10-12-14-16-18-20-22-24-26-28-30-32-34-36-37-39-41-43-45-47-49-51-53-55-57-59-61-67(71)66(65-76-77(73,74)75-64-63-70(3,4)5)69-68(72)62-60-58-56-54-52-50-48-46-44-42-40-38-35-33-31-29-27-25-23-21-19-17-15-13-11-9-7-2/h19,21,25,27,51,53,59,61,66-67,71H,6-18,20,22-24,26,28-50,52,54-58,60,62-65H2,1-5H3,(H-,69,72,73,74)/p+1/b21-19-,27-25-,53-51+,61-59+. The number of nitrogens with one attached hydrogen (secondary N) is 1. The Morgan fingerprint density at radius 3 is 1.12 bits per heavy atom. The molecule has 0 radical (unpaired) electrons. The van der Waals surface area contributed by atoms with Gasteiger partial charge in [-0.25, -0.2) is 4.57 Å². The number of phosphoric acid groups is 1. The molecule has 3 unspecified atom stereocenters. The lowest BCUT2D eigenvalue weighted by molar-refractivity contribution is -0.870. The minimum atomic E-state index is -4.36. The maximum Gasteiger partial charge on any atom is 0.472 e. The highest BCUT2D eigenvalue weighted by Crippen LogP contribution is 2.43. The Bertz CT molecular complexity index is 1390. The Morgan fingerprint density at radius 2 is 0.753 bits per heavy atom. The number of allylic oxidation sites excluding steroid dienone is 7. The Morgan fingerprint density at radius 1 is 0.442 bits per heavy atom. The van der Waals surface area contributed by atoms with Gasteiger partial charge in [-0.3, -0.25) is 13.8 Å². The van der Waals surface area contributed by atoms with Crippen molar-refractivity contribution in [1.29, 1.82) is 0 Å². The van der Waals surface area contributed by atoms with Gasteiger partial charge in [0.15, 0.2) is 0 Å². The molecule has 0 saturated carbocycles. The van der Waals surface area contributed by atoms with Gasteiger partial charge in [0, 0.05) is 6.42 Å². The normalized spacial score (nSPS) is 14.0. The number of hydrogen-bond acceptors (Lipinski definition) is 5. The maximum absolute atomic E-state index is 13.0. The molecule has 3 atom stereocenters. The first-order valence-corrected chi connectivity index (χ1v) is 35.0. The van der Waals surface area contributed by atoms with Crippen LogP contribution < -0.4 is 5.32 Å². The zero-order valence-electron chi connectivity index (χ0n) is 52.0. The summed E-state index contributed by atoms with van der Waals surface area (Å²) < 4.78 is 23.8. The smallest absolute Gasteiger partial charge is 0.387 e. The van der Waals surface area contributed by atoms with Gasteiger partial charge in [-0.05, 0) is 64.2 Å². The van der Waals surface area contributed by atoms with E-state index in [0.29, 0.717) is 17.4 Å². The predicted octanol–water partition coefficient (Wildman–Crippen LogP) is 21.1. The van der Waals surface area contributed by atoms with Crippen molar-refractivity contribution in [2.24, 2.45) is 0 Å². The van der Waals surface area contributed by atoms with Crippen LogP contribution in [-0.4, -0.2) is 73.4 Å². The first-order valence-electron chi connectivity index (χ1n) is 33.5. The number of carbonyl (C=O) groups is 1. The summed E-state index contributed by atoms with van der Waals surface area (Å²) in [6.45, 7) is 4.83. The maximum atomic E-state index is 13.0. The highest BCUT2D eigenvalue weighted by molar-refractivity contribution is 7.47. The predicted molar refractivity (Wildman–Crippen MR) is 337 cm³/mol. The number of rotatable bonds is 62. The largest absolute Gasteiger partial charge is 0.472 e. The van der Waals surface area contributed by atoms with Gasteiger partial charge in [0.25, 0.3) is 0 Å². The van der Waals surface area contributed by atoms with Gasteiger partial charge >= 0.3 is 7.82 Å². The summed E-state index contributed by atoms with van der Waals surface area (Å²) in [6.07, 6.45) is 79.6. The lowest BCUT2D eigenvalue weighted by Crippen LogP contribution is -2.45. The fraction of sp³-hybridized carbons (Fsp3) is 0.868. The number of quaternary nitrogens is 1. The molecule has 8 nitrogen and oxygen atoms in total. The molecule has 454 valence electrons. The molecule has 0 aromatic heterocycles. The number of aliphatic hydroxyl groups is 1. The molecule has 0 aliphatic heterocycles. The van der Waals surface area contributed by atoms with Crippen LogP contribution >= 0.6 is 7.82 Å². The third kappa shape index (κ3) is 61.9. The van der Waals surface area contributed by atoms with Crippen molar-refractivity contribution >= 4 is 13.7 Å². The van der Waals surface area contributed by atoms with Crippen molar-refractivity contribution in [2.45, 2.75) is 341 Å². The number of unbranched alkanes of at least 4 members (excludes halogenated alkanes) is 43. The first-order chi connectivity index (χ1) is 37.5. The number of likely N-dealkylation sites (N-methyl/N-ethyl adjacent to an activating group) is 1. The van der Waals surface area contributed by atoms with Crippen LogP contribution in [0.4, 0.5) is 0 Å². The van der Waals surface area contributed by atoms with Gasteiger partial charge in [-0.2, -0.15) is 0 Å². The van der Waals surface area contributed by atoms with Gasteiger partial charge in [-0.1, -0.05) is 306 Å². The Balaban J connectivity index is 4.13. The zero-order valence-corrected chi connectivity index (χ0v) is 52.9. The van der Waals surface area contributed by atoms with Crippen molar-refractivity contribution in [1.82, 2.24) is 5.32 Å². The molecular formula is C68H132N2O6P+. The van der Waals surface area contributed by atoms with Crippen molar-refractivity contribution in [3.63, 3.8) is 0 Å². The summed E-state index contributed by atoms with van der Waals surface area (Å²) in [5, 5.41) is 14.0. The van der Waals surface area contributed by atoms with Crippen LogP contribution in [0.1, 0.15) is 328 Å². The minimum absolute atomic E-state index is 0.0565. The molecule has 0 aromatic carbocycles. The molecule has 3 N–H and O–H groups in total. The Kier molecular flexibility index (Phi) is 57.9. The molecule has 0 heterocycles. The second-order valence-corrected chi connectivity index (χ2v) is 25.6. The number of nitrogens with zero attached hydrogens (tertiary/aromatic N) is 1. The van der Waals surface area contributed by atoms with E-state index in [1.54, 1.807) is 6.08 Å². The quantitative estimate of drug-likeness (QED) is 0.0243. The Hall–Kier alpha value is -1.54. The second-order valence-electron chi connectivity index (χ2n) is 24.2. The van der Waals surface area contributed by atoms with Gasteiger partial charge in [-0.15, -0.1) is 0 Å². The molecular weight excluding hydrogens is 972 g/mol. The number of amides is 1. The van der Waals surface area contributed by atoms with E-state index in [1.165, 1.54) is 263 Å². The van der Waals surface area contributed by atoms with Gasteiger partial charge in [0.1, 0.15) is 13.2 Å². The molecule has 1 amide bonds. The fourth-order valence-corrected chi connectivity index (χ4v) is 10.8. The molecule has 0 rings (SSSR count). The SMILES string of the molecule is CCCCCCC/C=C\C/C=C\CCCCCCCCCCCCCCCCCC(=O)NC(COP(=O)(O)OCC[N+](C)(C)C)C(O)/C=C/CC/C=C/CCCCCCCCCCCCCCCCCCCCCCCC. The highest BCUT2D eigenvalue weighted by Gasteiger charge is 2.28. The lowest BCUT2D eigenvalue weighted by Gasteiger charge is -2.25. The van der Waals surface area contributed by atoms with Crippen LogP contribution in [0.2, 0.25) is 0 Å². The molecule has 9 heteroatoms. The third-order valence-electron chi connectivity index (χ3n) is 15.3. The highest BCUT2D eigenvalue weighted by atomic mass is 31.2. The monoisotopic (exact) mass is 1100 g/mol. The van der Waals surface area contributed by atoms with Crippen molar-refractivity contribution in [3.05, 3.63) is 48.6 Å². The Labute approximate surface area is 479 Å². The van der Waals surface area contributed by atoms with Crippen LogP contribution in [0.5, 0.6) is 0 Å². The van der Waals surface area contributed by atoms with E-state index in [1.807, 2.05) is 27.2 Å². The number of aliphatic hydroxyl groups excluding tert-OH is 1. The van der Waals surface area contributed by atoms with E-state index in [9.17, 15) is 19.4 Å². The second kappa shape index (κ2) is 59.1. The lowest BCUT2D eigenvalue weighted by atomic mass is 10.0. The van der Waals surface area contributed by atoms with E-state index in [2.05, 4.69) is 55.6 Å². The van der Waals surface area contributed by atoms with Crippen LogP contribution in [-0.2, 0) is 18.4 Å². The molecule has 0 fully saturated rings. The molecule has 0 aliphatic carbocycles. The van der Waals surface area contributed by atoms with Crippen LogP contribution in [0, 0.1) is 0 Å². The van der Waals surface area contributed by atoms with E-state index < -0.39 is 20.0 Å². The summed E-state index contributed by atoms with van der Waals surface area (Å²) in [7, 11) is 1.56. The summed E-state index contributed by atoms with van der Waals surface area (Å²) in [5.74, 6) is -0.183. The van der Waals surface area contributed by atoms with Crippen LogP contribution in [0.25, 0.3) is 0 Å². The van der Waals surface area contributed by atoms with E-state index in [-0.39, 0.29) is 19.1 Å². The molecule has 0 saturated heterocycles. The number of carbonyl (C=O) groups excluding carboxylic acids is 1. The summed E-state index contributed by atoms with van der Waals surface area (Å²) in [5.41, 5.74) is 0. The van der Waals surface area contributed by atoms with E-state index in [0.717, 1.165) is 44.9 Å². The average Bonchev–Trinajstić information content (AvgIpc) is 3.39. The number of hydrogen-bond donors (Lipinski definition) is 3. The van der Waals surface area contributed by atoms with Gasteiger partial charge in [0.05, 0.1) is 39.9 Å². The third-order valence-corrected chi connectivity index (χ3v) is 16.3. The van der Waals surface area contributed by atoms with Gasteiger partial charge < -0.3 is 19.8 Å². The van der Waals surface area contributed by atoms with E-state index in [4.69, 9.17) is 9.05 Å². The van der Waals surface area contributed by atoms with Crippen LogP contribution in [0.15, 0.2) is 48.6 Å². The van der Waals surface area contributed by atoms with Crippen LogP contribution in [0.3, 0.4) is 0 Å². The molecule has 0 spiro atoms. The summed E-state index contributed by atoms with van der Waals surface area (Å²) >= 11 is 0. The number of phosphoric ester groups is 1. The van der Waals surface area contributed by atoms with E-state index >= 15 is 0 Å².